The van der Waals surface area contributed by atoms with Crippen molar-refractivity contribution >= 4 is 21.6 Å². The van der Waals surface area contributed by atoms with Crippen molar-refractivity contribution in [3.05, 3.63) is 59.9 Å². The fourth-order valence-electron chi connectivity index (χ4n) is 4.36. The van der Waals surface area contributed by atoms with E-state index in [1.165, 1.54) is 30.7 Å². The zero-order valence-corrected chi connectivity index (χ0v) is 21.1. The van der Waals surface area contributed by atoms with Crippen molar-refractivity contribution in [2.75, 3.05) is 32.6 Å². The Hall–Kier alpha value is -3.37. The number of rotatable bonds is 7. The van der Waals surface area contributed by atoms with Crippen LogP contribution in [0, 0.1) is 19.8 Å². The van der Waals surface area contributed by atoms with Gasteiger partial charge >= 0.3 is 0 Å². The van der Waals surface area contributed by atoms with Gasteiger partial charge in [0.05, 0.1) is 36.2 Å². The van der Waals surface area contributed by atoms with Crippen molar-refractivity contribution in [1.82, 2.24) is 14.1 Å². The SMILES string of the molecule is COc1ccc(S(=O)(=O)N2CCC(C(=O)Nc3ccccc3-n3nc(C)cc3C)CC2)cc1OC. The number of aromatic nitrogens is 2. The lowest BCUT2D eigenvalue weighted by molar-refractivity contribution is -0.120. The Morgan fingerprint density at radius 2 is 1.69 bits per heavy atom. The molecule has 0 saturated carbocycles. The molecule has 1 aliphatic rings. The molecule has 35 heavy (non-hydrogen) atoms. The van der Waals surface area contributed by atoms with Crippen molar-refractivity contribution in [2.45, 2.75) is 31.6 Å². The Kier molecular flexibility index (Phi) is 7.13. The number of anilines is 1. The highest BCUT2D eigenvalue weighted by molar-refractivity contribution is 7.89. The predicted octanol–water partition coefficient (Wildman–Crippen LogP) is 3.55. The second-order valence-corrected chi connectivity index (χ2v) is 10.5. The first-order valence-corrected chi connectivity index (χ1v) is 12.8. The molecule has 1 amide bonds. The molecular formula is C25H30N4O5S. The van der Waals surface area contributed by atoms with E-state index in [1.54, 1.807) is 6.07 Å². The summed E-state index contributed by atoms with van der Waals surface area (Å²) in [6, 6.07) is 14.0. The van der Waals surface area contributed by atoms with E-state index in [0.29, 0.717) is 30.0 Å². The molecule has 1 aliphatic heterocycles. The van der Waals surface area contributed by atoms with E-state index < -0.39 is 10.0 Å². The Morgan fingerprint density at radius 1 is 1.00 bits per heavy atom. The van der Waals surface area contributed by atoms with Gasteiger partial charge in [-0.25, -0.2) is 13.1 Å². The largest absolute Gasteiger partial charge is 0.493 e. The van der Waals surface area contributed by atoms with Gasteiger partial charge in [0, 0.05) is 30.8 Å². The lowest BCUT2D eigenvalue weighted by Gasteiger charge is -2.30. The van der Waals surface area contributed by atoms with Crippen LogP contribution in [0.3, 0.4) is 0 Å². The quantitative estimate of drug-likeness (QED) is 0.535. The van der Waals surface area contributed by atoms with E-state index in [4.69, 9.17) is 9.47 Å². The molecular weight excluding hydrogens is 468 g/mol. The summed E-state index contributed by atoms with van der Waals surface area (Å²) in [6.07, 6.45) is 0.862. The second-order valence-electron chi connectivity index (χ2n) is 8.54. The average molecular weight is 499 g/mol. The number of carbonyl (C=O) groups is 1. The van der Waals surface area contributed by atoms with Crippen molar-refractivity contribution in [3.8, 4) is 17.2 Å². The summed E-state index contributed by atoms with van der Waals surface area (Å²) in [4.78, 5) is 13.2. The van der Waals surface area contributed by atoms with Crippen molar-refractivity contribution in [1.29, 1.82) is 0 Å². The number of methoxy groups -OCH3 is 2. The number of hydrogen-bond acceptors (Lipinski definition) is 6. The number of hydrogen-bond donors (Lipinski definition) is 1. The summed E-state index contributed by atoms with van der Waals surface area (Å²) in [5, 5.41) is 7.56. The maximum atomic E-state index is 13.2. The van der Waals surface area contributed by atoms with Crippen molar-refractivity contribution < 1.29 is 22.7 Å². The van der Waals surface area contributed by atoms with Gasteiger partial charge in [-0.05, 0) is 57.0 Å². The molecule has 0 aliphatic carbocycles. The fourth-order valence-corrected chi connectivity index (χ4v) is 5.84. The predicted molar refractivity (Wildman–Crippen MR) is 133 cm³/mol. The topological polar surface area (TPSA) is 103 Å². The van der Waals surface area contributed by atoms with Crippen LogP contribution in [0.25, 0.3) is 5.69 Å². The first-order chi connectivity index (χ1) is 16.7. The van der Waals surface area contributed by atoms with Gasteiger partial charge in [0.1, 0.15) is 0 Å². The second kappa shape index (κ2) is 10.1. The Labute approximate surface area is 205 Å². The first-order valence-electron chi connectivity index (χ1n) is 11.4. The standard InChI is InChI=1S/C25H30N4O5S/c1-17-15-18(2)29(27-17)22-8-6-5-7-21(22)26-25(30)19-11-13-28(14-12-19)35(31,32)20-9-10-23(33-3)24(16-20)34-4/h5-10,15-16,19H,11-14H2,1-4H3,(H,26,30). The molecule has 4 rings (SSSR count). The minimum absolute atomic E-state index is 0.123. The molecule has 9 nitrogen and oxygen atoms in total. The van der Waals surface area contributed by atoms with E-state index in [2.05, 4.69) is 10.4 Å². The van der Waals surface area contributed by atoms with E-state index in [9.17, 15) is 13.2 Å². The number of aryl methyl sites for hydroxylation is 2. The minimum atomic E-state index is -3.72. The van der Waals surface area contributed by atoms with Crippen LogP contribution in [-0.2, 0) is 14.8 Å². The average Bonchev–Trinajstić information content (AvgIpc) is 3.21. The van der Waals surface area contributed by atoms with Gasteiger partial charge in [0.25, 0.3) is 0 Å². The molecule has 3 aromatic rings. The number of amides is 1. The summed E-state index contributed by atoms with van der Waals surface area (Å²) in [5.41, 5.74) is 3.33. The highest BCUT2D eigenvalue weighted by atomic mass is 32.2. The van der Waals surface area contributed by atoms with Crippen molar-refractivity contribution in [3.63, 3.8) is 0 Å². The van der Waals surface area contributed by atoms with Crippen molar-refractivity contribution in [2.24, 2.45) is 5.92 Å². The lowest BCUT2D eigenvalue weighted by Crippen LogP contribution is -2.41. The molecule has 0 bridgehead atoms. The smallest absolute Gasteiger partial charge is 0.243 e. The molecule has 0 unspecified atom stereocenters. The van der Waals surface area contributed by atoms with Crippen LogP contribution >= 0.6 is 0 Å². The number of nitrogens with one attached hydrogen (secondary N) is 1. The minimum Gasteiger partial charge on any atom is -0.493 e. The van der Waals surface area contributed by atoms with Gasteiger partial charge in [0.15, 0.2) is 11.5 Å². The number of piperidine rings is 1. The third-order valence-corrected chi connectivity index (χ3v) is 8.11. The molecule has 1 saturated heterocycles. The molecule has 1 N–H and O–H groups in total. The molecule has 1 aromatic heterocycles. The van der Waals surface area contributed by atoms with Gasteiger partial charge in [-0.15, -0.1) is 0 Å². The number of sulfonamides is 1. The number of carbonyl (C=O) groups excluding carboxylic acids is 1. The maximum absolute atomic E-state index is 13.2. The zero-order valence-electron chi connectivity index (χ0n) is 20.3. The molecule has 10 heteroatoms. The summed E-state index contributed by atoms with van der Waals surface area (Å²) in [7, 11) is -0.757. The third-order valence-electron chi connectivity index (χ3n) is 6.22. The van der Waals surface area contributed by atoms with Gasteiger partial charge in [-0.3, -0.25) is 4.79 Å². The van der Waals surface area contributed by atoms with E-state index in [1.807, 2.05) is 48.9 Å². The Bertz CT molecular complexity index is 1330. The fraction of sp³-hybridized carbons (Fsp3) is 0.360. The number of para-hydroxylation sites is 2. The van der Waals surface area contributed by atoms with Crippen LogP contribution in [-0.4, -0.2) is 55.7 Å². The van der Waals surface area contributed by atoms with Gasteiger partial charge in [-0.1, -0.05) is 12.1 Å². The van der Waals surface area contributed by atoms with Gasteiger partial charge in [-0.2, -0.15) is 9.40 Å². The number of benzene rings is 2. The molecule has 1 fully saturated rings. The Balaban J connectivity index is 1.44. The molecule has 0 atom stereocenters. The third kappa shape index (κ3) is 5.03. The summed E-state index contributed by atoms with van der Waals surface area (Å²) in [5.74, 6) is 0.397. The number of nitrogens with zero attached hydrogens (tertiary/aromatic N) is 3. The van der Waals surface area contributed by atoms with Crippen LogP contribution in [0.2, 0.25) is 0 Å². The van der Waals surface area contributed by atoms with E-state index >= 15 is 0 Å². The molecule has 186 valence electrons. The monoisotopic (exact) mass is 498 g/mol. The molecule has 0 radical (unpaired) electrons. The van der Waals surface area contributed by atoms with Gasteiger partial charge < -0.3 is 14.8 Å². The van der Waals surface area contributed by atoms with E-state index in [-0.39, 0.29) is 29.8 Å². The van der Waals surface area contributed by atoms with Gasteiger partial charge in [0.2, 0.25) is 15.9 Å². The van der Waals surface area contributed by atoms with Crippen LogP contribution in [0.5, 0.6) is 11.5 Å². The molecule has 2 heterocycles. The summed E-state index contributed by atoms with van der Waals surface area (Å²) < 4.78 is 40.0. The first kappa shape index (κ1) is 24.7. The van der Waals surface area contributed by atoms with Crippen LogP contribution in [0.15, 0.2) is 53.4 Å². The highest BCUT2D eigenvalue weighted by Gasteiger charge is 2.33. The molecule has 2 aromatic carbocycles. The molecule has 0 spiro atoms. The Morgan fingerprint density at radius 3 is 2.31 bits per heavy atom. The number of ether oxygens (including phenoxy) is 2. The zero-order chi connectivity index (χ0) is 25.2. The summed E-state index contributed by atoms with van der Waals surface area (Å²) >= 11 is 0. The van der Waals surface area contributed by atoms with Crippen LogP contribution < -0.4 is 14.8 Å². The summed E-state index contributed by atoms with van der Waals surface area (Å²) in [6.45, 7) is 4.41. The lowest BCUT2D eigenvalue weighted by atomic mass is 9.97. The highest BCUT2D eigenvalue weighted by Crippen LogP contribution is 2.32. The van der Waals surface area contributed by atoms with E-state index in [0.717, 1.165) is 17.1 Å². The van der Waals surface area contributed by atoms with Crippen LogP contribution in [0.4, 0.5) is 5.69 Å². The maximum Gasteiger partial charge on any atom is 0.243 e. The normalized spacial score (nSPS) is 15.1. The van der Waals surface area contributed by atoms with Crippen LogP contribution in [0.1, 0.15) is 24.2 Å².